The van der Waals surface area contributed by atoms with E-state index in [1.54, 1.807) is 12.1 Å². The number of guanidine groups is 1. The summed E-state index contributed by atoms with van der Waals surface area (Å²) in [6.07, 6.45) is -5.08. The quantitative estimate of drug-likeness (QED) is 0.305. The van der Waals surface area contributed by atoms with Gasteiger partial charge in [0.15, 0.2) is 11.1 Å². The summed E-state index contributed by atoms with van der Waals surface area (Å²) in [4.78, 5) is 12.8. The maximum atomic E-state index is 10.6. The van der Waals surface area contributed by atoms with Gasteiger partial charge in [0, 0.05) is 11.4 Å². The van der Waals surface area contributed by atoms with E-state index < -0.39 is 12.1 Å². The lowest BCUT2D eigenvalue weighted by Crippen LogP contribution is -2.21. The maximum absolute atomic E-state index is 10.6. The molecular weight excluding hydrogens is 383 g/mol. The number of para-hydroxylation sites is 1. The van der Waals surface area contributed by atoms with Gasteiger partial charge in [-0.15, -0.1) is 0 Å². The van der Waals surface area contributed by atoms with Crippen molar-refractivity contribution in [3.05, 3.63) is 54.6 Å². The molecular formula is C16H16F3N5O2S. The molecule has 0 radical (unpaired) electrons. The molecule has 0 amide bonds. The van der Waals surface area contributed by atoms with Gasteiger partial charge in [0.2, 0.25) is 0 Å². The van der Waals surface area contributed by atoms with Gasteiger partial charge in [-0.3, -0.25) is 0 Å². The molecule has 0 spiro atoms. The second-order valence-electron chi connectivity index (χ2n) is 4.83. The van der Waals surface area contributed by atoms with E-state index in [0.717, 1.165) is 11.4 Å². The highest BCUT2D eigenvalue weighted by Crippen LogP contribution is 2.16. The van der Waals surface area contributed by atoms with Crippen LogP contribution < -0.4 is 22.1 Å². The van der Waals surface area contributed by atoms with Crippen LogP contribution in [0, 0.1) is 0 Å². The lowest BCUT2D eigenvalue weighted by molar-refractivity contribution is -0.192. The molecule has 0 heterocycles. The summed E-state index contributed by atoms with van der Waals surface area (Å²) in [5.41, 5.74) is 13.1. The van der Waals surface area contributed by atoms with Crippen LogP contribution in [-0.4, -0.2) is 28.3 Å². The van der Waals surface area contributed by atoms with E-state index in [2.05, 4.69) is 15.6 Å². The number of anilines is 2. The van der Waals surface area contributed by atoms with Crippen molar-refractivity contribution in [2.24, 2.45) is 16.5 Å². The summed E-state index contributed by atoms with van der Waals surface area (Å²) in [5, 5.41) is 13.8. The third kappa shape index (κ3) is 9.07. The monoisotopic (exact) mass is 399 g/mol. The van der Waals surface area contributed by atoms with E-state index in [0.29, 0.717) is 10.8 Å². The number of carboxylic acid groups (broad SMARTS) is 1. The molecule has 7 nitrogen and oxygen atoms in total. The van der Waals surface area contributed by atoms with Gasteiger partial charge in [-0.2, -0.15) is 13.2 Å². The molecule has 27 heavy (non-hydrogen) atoms. The van der Waals surface area contributed by atoms with Gasteiger partial charge in [-0.05, 0) is 48.6 Å². The van der Waals surface area contributed by atoms with Gasteiger partial charge in [0.1, 0.15) is 0 Å². The average molecular weight is 399 g/mol. The number of hydrogen-bond donors (Lipinski definition) is 5. The van der Waals surface area contributed by atoms with Gasteiger partial charge in [-0.1, -0.05) is 18.2 Å². The van der Waals surface area contributed by atoms with Gasteiger partial charge in [0.25, 0.3) is 0 Å². The van der Waals surface area contributed by atoms with Crippen LogP contribution >= 0.6 is 12.2 Å². The van der Waals surface area contributed by atoms with Crippen LogP contribution in [0.2, 0.25) is 0 Å². The Kier molecular flexibility index (Phi) is 8.01. The largest absolute Gasteiger partial charge is 0.490 e. The van der Waals surface area contributed by atoms with Crippen molar-refractivity contribution in [2.75, 3.05) is 10.6 Å². The van der Waals surface area contributed by atoms with Crippen LogP contribution in [0.15, 0.2) is 59.6 Å². The molecule has 0 atom stereocenters. The Labute approximate surface area is 157 Å². The molecule has 7 N–H and O–H groups in total. The van der Waals surface area contributed by atoms with Gasteiger partial charge in [-0.25, -0.2) is 9.79 Å². The summed E-state index contributed by atoms with van der Waals surface area (Å²) in [5.74, 6) is -2.72. The fourth-order valence-electron chi connectivity index (χ4n) is 1.58. The van der Waals surface area contributed by atoms with Crippen LogP contribution in [-0.2, 0) is 4.79 Å². The fourth-order valence-corrected chi connectivity index (χ4v) is 1.82. The Morgan fingerprint density at radius 1 is 0.963 bits per heavy atom. The van der Waals surface area contributed by atoms with Crippen LogP contribution in [0.1, 0.15) is 0 Å². The summed E-state index contributed by atoms with van der Waals surface area (Å²) >= 11 is 5.23. The first-order chi connectivity index (χ1) is 12.6. The molecule has 0 unspecified atom stereocenters. The van der Waals surface area contributed by atoms with Crippen molar-refractivity contribution in [2.45, 2.75) is 6.18 Å². The van der Waals surface area contributed by atoms with Crippen molar-refractivity contribution in [3.63, 3.8) is 0 Å². The molecule has 0 saturated carbocycles. The average Bonchev–Trinajstić information content (AvgIpc) is 2.57. The molecule has 0 aliphatic rings. The third-order valence-corrected chi connectivity index (χ3v) is 2.86. The van der Waals surface area contributed by atoms with Crippen LogP contribution in [0.4, 0.5) is 30.2 Å². The van der Waals surface area contributed by atoms with Crippen molar-refractivity contribution >= 4 is 46.3 Å². The highest BCUT2D eigenvalue weighted by molar-refractivity contribution is 7.80. The topological polar surface area (TPSA) is 126 Å². The minimum Gasteiger partial charge on any atom is -0.475 e. The van der Waals surface area contributed by atoms with Crippen LogP contribution in [0.25, 0.3) is 0 Å². The number of rotatable bonds is 3. The zero-order chi connectivity index (χ0) is 20.4. The molecule has 0 aliphatic heterocycles. The van der Waals surface area contributed by atoms with Crippen LogP contribution in [0.3, 0.4) is 0 Å². The number of carboxylic acids is 1. The lowest BCUT2D eigenvalue weighted by atomic mass is 10.3. The number of hydrogen-bond acceptors (Lipinski definition) is 3. The Morgan fingerprint density at radius 2 is 1.41 bits per heavy atom. The fraction of sp³-hybridized carbons (Fsp3) is 0.0625. The number of aliphatic imine (C=N–C) groups is 1. The molecule has 0 saturated heterocycles. The Hall–Kier alpha value is -3.34. The number of aliphatic carboxylic acids is 1. The number of carbonyl (C=O) groups is 1. The summed E-state index contributed by atoms with van der Waals surface area (Å²) < 4.78 is 31.7. The first kappa shape index (κ1) is 21.7. The molecule has 2 aromatic rings. The minimum atomic E-state index is -5.08. The van der Waals surface area contributed by atoms with E-state index in [9.17, 15) is 13.2 Å². The standard InChI is InChI=1S/C14H15N5S.C2HF3O2/c15-13(16)17-11-6-8-12(9-7-11)19-14(20)18-10-4-2-1-3-5-10;3-2(4,5)1(6)7/h1-9H,(H4,15,16,17)(H2,18,19,20);(H,6,7). The van der Waals surface area contributed by atoms with E-state index >= 15 is 0 Å². The second kappa shape index (κ2) is 9.97. The second-order valence-corrected chi connectivity index (χ2v) is 5.24. The summed E-state index contributed by atoms with van der Waals surface area (Å²) in [6.45, 7) is 0. The van der Waals surface area contributed by atoms with E-state index in [1.807, 2.05) is 42.5 Å². The zero-order valence-electron chi connectivity index (χ0n) is 13.7. The summed E-state index contributed by atoms with van der Waals surface area (Å²) in [7, 11) is 0. The molecule has 144 valence electrons. The van der Waals surface area contributed by atoms with E-state index in [4.69, 9.17) is 33.6 Å². The highest BCUT2D eigenvalue weighted by atomic mass is 32.1. The maximum Gasteiger partial charge on any atom is 0.490 e. The highest BCUT2D eigenvalue weighted by Gasteiger charge is 2.38. The SMILES string of the molecule is NC(N)=Nc1ccc(NC(=S)Nc2ccccc2)cc1.O=C(O)C(F)(F)F. The molecule has 2 rings (SSSR count). The number of alkyl halides is 3. The van der Waals surface area contributed by atoms with Crippen molar-refractivity contribution in [3.8, 4) is 0 Å². The van der Waals surface area contributed by atoms with Gasteiger partial charge >= 0.3 is 12.1 Å². The van der Waals surface area contributed by atoms with Gasteiger partial charge < -0.3 is 27.2 Å². The predicted octanol–water partition coefficient (Wildman–Crippen LogP) is 3.03. The summed E-state index contributed by atoms with van der Waals surface area (Å²) in [6, 6.07) is 17.0. The normalized spacial score (nSPS) is 10.0. The molecule has 0 bridgehead atoms. The minimum absolute atomic E-state index is 0.0342. The zero-order valence-corrected chi connectivity index (χ0v) is 14.5. The lowest BCUT2D eigenvalue weighted by Gasteiger charge is -2.10. The first-order valence-electron chi connectivity index (χ1n) is 7.21. The van der Waals surface area contributed by atoms with Crippen molar-refractivity contribution in [1.29, 1.82) is 0 Å². The molecule has 2 aromatic carbocycles. The molecule has 0 fully saturated rings. The Balaban J connectivity index is 0.000000445. The Bertz CT molecular complexity index is 792. The van der Waals surface area contributed by atoms with Gasteiger partial charge in [0.05, 0.1) is 5.69 Å². The first-order valence-corrected chi connectivity index (χ1v) is 7.61. The third-order valence-electron chi connectivity index (χ3n) is 2.66. The van der Waals surface area contributed by atoms with Crippen molar-refractivity contribution < 1.29 is 23.1 Å². The predicted molar refractivity (Wildman–Crippen MR) is 102 cm³/mol. The number of nitrogens with two attached hydrogens (primary N) is 2. The van der Waals surface area contributed by atoms with E-state index in [1.165, 1.54) is 0 Å². The molecule has 0 aromatic heterocycles. The Morgan fingerprint density at radius 3 is 1.81 bits per heavy atom. The van der Waals surface area contributed by atoms with Crippen molar-refractivity contribution in [1.82, 2.24) is 0 Å². The number of halogens is 3. The molecule has 0 aliphatic carbocycles. The van der Waals surface area contributed by atoms with Crippen LogP contribution in [0.5, 0.6) is 0 Å². The number of nitrogens with one attached hydrogen (secondary N) is 2. The van der Waals surface area contributed by atoms with E-state index in [-0.39, 0.29) is 5.96 Å². The number of benzene rings is 2. The number of thiocarbonyl (C=S) groups is 1. The smallest absolute Gasteiger partial charge is 0.475 e. The molecule has 11 heteroatoms. The number of nitrogens with zero attached hydrogens (tertiary/aromatic N) is 1.